The molecule has 0 aromatic heterocycles. The van der Waals surface area contributed by atoms with Crippen LogP contribution in [0.3, 0.4) is 0 Å². The standard InChI is InChI=1S/C18H23NO5/c1-2-21-16(20)17(9-8-15-22-12-13-23-15)10-11-18(19(17)24-18)14-6-4-3-5-7-14/h3-7,15H,2,8-13H2,1H3/t17-,18+,19?/m1/s1. The Hall–Kier alpha value is -1.47. The summed E-state index contributed by atoms with van der Waals surface area (Å²) in [6.45, 7) is 3.43. The van der Waals surface area contributed by atoms with E-state index in [1.54, 1.807) is 0 Å². The van der Waals surface area contributed by atoms with Gasteiger partial charge in [0.05, 0.1) is 19.8 Å². The summed E-state index contributed by atoms with van der Waals surface area (Å²) in [5.41, 5.74) is -0.142. The van der Waals surface area contributed by atoms with Gasteiger partial charge in [0.1, 0.15) is 5.54 Å². The zero-order valence-corrected chi connectivity index (χ0v) is 13.9. The predicted molar refractivity (Wildman–Crippen MR) is 84.6 cm³/mol. The van der Waals surface area contributed by atoms with Crippen LogP contribution in [-0.2, 0) is 29.6 Å². The van der Waals surface area contributed by atoms with Crippen LogP contribution in [0.15, 0.2) is 30.3 Å². The summed E-state index contributed by atoms with van der Waals surface area (Å²) in [5, 5.41) is 1.85. The molecular weight excluding hydrogens is 310 g/mol. The molecule has 3 heterocycles. The molecule has 0 aliphatic carbocycles. The van der Waals surface area contributed by atoms with Crippen LogP contribution in [0.5, 0.6) is 0 Å². The fourth-order valence-corrected chi connectivity index (χ4v) is 3.91. The number of hydrogen-bond acceptors (Lipinski definition) is 6. The lowest BCUT2D eigenvalue weighted by Crippen LogP contribution is -2.46. The van der Waals surface area contributed by atoms with Gasteiger partial charge in [-0.3, -0.25) is 4.84 Å². The number of hydroxylamine groups is 2. The van der Waals surface area contributed by atoms with Gasteiger partial charge in [0.25, 0.3) is 0 Å². The molecule has 0 saturated carbocycles. The lowest BCUT2D eigenvalue weighted by atomic mass is 9.90. The normalized spacial score (nSPS) is 35.0. The van der Waals surface area contributed by atoms with E-state index in [4.69, 9.17) is 19.0 Å². The number of carbonyl (C=O) groups is 1. The average Bonchev–Trinajstić information content (AvgIpc) is 2.99. The molecule has 6 nitrogen and oxygen atoms in total. The maximum atomic E-state index is 12.8. The van der Waals surface area contributed by atoms with E-state index in [0.29, 0.717) is 39.1 Å². The van der Waals surface area contributed by atoms with Crippen LogP contribution < -0.4 is 0 Å². The second-order valence-electron chi connectivity index (χ2n) is 6.50. The second-order valence-corrected chi connectivity index (χ2v) is 6.50. The first-order valence-electron chi connectivity index (χ1n) is 8.67. The molecule has 0 radical (unpaired) electrons. The second kappa shape index (κ2) is 6.11. The lowest BCUT2D eigenvalue weighted by Gasteiger charge is -2.28. The highest BCUT2D eigenvalue weighted by molar-refractivity contribution is 5.82. The number of hydrogen-bond donors (Lipinski definition) is 0. The average molecular weight is 333 g/mol. The highest BCUT2D eigenvalue weighted by Crippen LogP contribution is 2.61. The van der Waals surface area contributed by atoms with Gasteiger partial charge in [-0.25, -0.2) is 4.79 Å². The highest BCUT2D eigenvalue weighted by Gasteiger charge is 2.73. The minimum absolute atomic E-state index is 0.210. The van der Waals surface area contributed by atoms with Crippen molar-refractivity contribution in [2.75, 3.05) is 19.8 Å². The van der Waals surface area contributed by atoms with Gasteiger partial charge in [0.2, 0.25) is 0 Å². The molecular formula is C18H23NO5. The summed E-state index contributed by atoms with van der Waals surface area (Å²) >= 11 is 0. The van der Waals surface area contributed by atoms with Crippen molar-refractivity contribution >= 4 is 5.97 Å². The number of esters is 1. The zero-order chi connectivity index (χ0) is 16.6. The quantitative estimate of drug-likeness (QED) is 0.588. The molecule has 3 aliphatic heterocycles. The van der Waals surface area contributed by atoms with E-state index < -0.39 is 11.3 Å². The largest absolute Gasteiger partial charge is 0.465 e. The van der Waals surface area contributed by atoms with Crippen LogP contribution in [-0.4, -0.2) is 42.7 Å². The lowest BCUT2D eigenvalue weighted by molar-refractivity contribution is -0.160. The molecule has 130 valence electrons. The van der Waals surface area contributed by atoms with E-state index in [-0.39, 0.29) is 12.3 Å². The minimum atomic E-state index is -0.749. The van der Waals surface area contributed by atoms with Crippen molar-refractivity contribution in [3.63, 3.8) is 0 Å². The molecule has 0 spiro atoms. The Kier molecular flexibility index (Phi) is 4.08. The molecule has 3 saturated heterocycles. The first-order chi connectivity index (χ1) is 11.7. The highest BCUT2D eigenvalue weighted by atomic mass is 16.9. The third-order valence-electron chi connectivity index (χ3n) is 5.17. The minimum Gasteiger partial charge on any atom is -0.465 e. The van der Waals surface area contributed by atoms with E-state index in [2.05, 4.69) is 0 Å². The Morgan fingerprint density at radius 1 is 1.25 bits per heavy atom. The van der Waals surface area contributed by atoms with Crippen molar-refractivity contribution in [1.29, 1.82) is 0 Å². The Morgan fingerprint density at radius 2 is 2.00 bits per heavy atom. The fourth-order valence-electron chi connectivity index (χ4n) is 3.91. The van der Waals surface area contributed by atoms with E-state index in [0.717, 1.165) is 12.0 Å². The van der Waals surface area contributed by atoms with Crippen LogP contribution in [0, 0.1) is 0 Å². The fraction of sp³-hybridized carbons (Fsp3) is 0.611. The van der Waals surface area contributed by atoms with E-state index >= 15 is 0 Å². The molecule has 24 heavy (non-hydrogen) atoms. The Labute approximate surface area is 141 Å². The van der Waals surface area contributed by atoms with E-state index in [1.165, 1.54) is 0 Å². The van der Waals surface area contributed by atoms with Crippen molar-refractivity contribution in [3.8, 4) is 0 Å². The van der Waals surface area contributed by atoms with Gasteiger partial charge >= 0.3 is 5.97 Å². The van der Waals surface area contributed by atoms with Crippen molar-refractivity contribution in [2.45, 2.75) is 50.2 Å². The summed E-state index contributed by atoms with van der Waals surface area (Å²) < 4.78 is 16.4. The molecule has 4 rings (SSSR count). The van der Waals surface area contributed by atoms with Crippen LogP contribution >= 0.6 is 0 Å². The maximum absolute atomic E-state index is 12.8. The number of nitrogens with zero attached hydrogens (tertiary/aromatic N) is 1. The van der Waals surface area contributed by atoms with E-state index in [1.807, 2.05) is 42.3 Å². The number of benzene rings is 1. The first kappa shape index (κ1) is 16.0. The molecule has 0 bridgehead atoms. The molecule has 0 amide bonds. The first-order valence-corrected chi connectivity index (χ1v) is 8.67. The summed E-state index contributed by atoms with van der Waals surface area (Å²) in [6.07, 6.45) is 2.52. The van der Waals surface area contributed by atoms with Gasteiger partial charge < -0.3 is 14.2 Å². The molecule has 1 unspecified atom stereocenters. The third-order valence-corrected chi connectivity index (χ3v) is 5.17. The van der Waals surface area contributed by atoms with Gasteiger partial charge in [-0.1, -0.05) is 30.3 Å². The monoisotopic (exact) mass is 333 g/mol. The van der Waals surface area contributed by atoms with Crippen LogP contribution in [0.25, 0.3) is 0 Å². The van der Waals surface area contributed by atoms with Gasteiger partial charge in [-0.2, -0.15) is 0 Å². The molecule has 6 heteroatoms. The van der Waals surface area contributed by atoms with Crippen molar-refractivity contribution in [1.82, 2.24) is 5.06 Å². The third kappa shape index (κ3) is 2.45. The predicted octanol–water partition coefficient (Wildman–Crippen LogP) is 2.34. The molecule has 0 N–H and O–H groups in total. The van der Waals surface area contributed by atoms with Gasteiger partial charge in [-0.05, 0) is 19.8 Å². The van der Waals surface area contributed by atoms with Crippen LogP contribution in [0.1, 0.15) is 38.2 Å². The molecule has 1 aromatic rings. The van der Waals surface area contributed by atoms with E-state index in [9.17, 15) is 4.79 Å². The molecule has 3 atom stereocenters. The van der Waals surface area contributed by atoms with Gasteiger partial charge in [0, 0.05) is 18.4 Å². The summed E-state index contributed by atoms with van der Waals surface area (Å²) in [4.78, 5) is 18.7. The number of carbonyl (C=O) groups excluding carboxylic acids is 1. The van der Waals surface area contributed by atoms with Crippen molar-refractivity contribution in [2.24, 2.45) is 0 Å². The van der Waals surface area contributed by atoms with Crippen molar-refractivity contribution in [3.05, 3.63) is 35.9 Å². The summed E-state index contributed by atoms with van der Waals surface area (Å²) in [6, 6.07) is 10.1. The Bertz CT molecular complexity index is 603. The smallest absolute Gasteiger partial charge is 0.329 e. The summed E-state index contributed by atoms with van der Waals surface area (Å²) in [5.74, 6) is -0.210. The summed E-state index contributed by atoms with van der Waals surface area (Å²) in [7, 11) is 0. The van der Waals surface area contributed by atoms with Crippen LogP contribution in [0.4, 0.5) is 0 Å². The number of fused-ring (bicyclic) bond motifs is 1. The van der Waals surface area contributed by atoms with Crippen LogP contribution in [0.2, 0.25) is 0 Å². The van der Waals surface area contributed by atoms with Gasteiger partial charge in [-0.15, -0.1) is 5.06 Å². The molecule has 3 aliphatic rings. The SMILES string of the molecule is CCOC(=O)[C@@]1(CCC2OCCO2)CC[C@@]2(c3ccccc3)ON12. The molecule has 3 fully saturated rings. The molecule has 1 aromatic carbocycles. The topological polar surface area (TPSA) is 60.3 Å². The number of ether oxygens (including phenoxy) is 3. The zero-order valence-electron chi connectivity index (χ0n) is 13.9. The van der Waals surface area contributed by atoms with Gasteiger partial charge in [0.15, 0.2) is 12.0 Å². The Morgan fingerprint density at radius 3 is 2.67 bits per heavy atom. The maximum Gasteiger partial charge on any atom is 0.329 e. The Balaban J connectivity index is 1.55. The number of rotatable bonds is 6. The van der Waals surface area contributed by atoms with Crippen molar-refractivity contribution < 1.29 is 23.8 Å².